The van der Waals surface area contributed by atoms with Gasteiger partial charge in [-0.25, -0.2) is 0 Å². The van der Waals surface area contributed by atoms with Gasteiger partial charge in [-0.15, -0.1) is 0 Å². The van der Waals surface area contributed by atoms with Gasteiger partial charge >= 0.3 is 0 Å². The molecule has 0 saturated heterocycles. The third-order valence-corrected chi connectivity index (χ3v) is 3.79. The van der Waals surface area contributed by atoms with Gasteiger partial charge in [-0.1, -0.05) is 30.9 Å². The van der Waals surface area contributed by atoms with Crippen LogP contribution in [0.15, 0.2) is 55.1 Å². The monoisotopic (exact) mass is 340 g/mol. The Hall–Kier alpha value is -3.15. The summed E-state index contributed by atoms with van der Waals surface area (Å²) in [5.74, 6) is 0.473. The maximum atomic E-state index is 12.6. The van der Waals surface area contributed by atoms with Crippen molar-refractivity contribution >= 4 is 11.6 Å². The van der Waals surface area contributed by atoms with Crippen LogP contribution in [0.2, 0.25) is 0 Å². The SMILES string of the molecule is C=CCOc1ccc(CN(C)C(=O)c2cccc([N+](=O)[O-])c2C)cc1. The van der Waals surface area contributed by atoms with Gasteiger partial charge in [0.1, 0.15) is 12.4 Å². The van der Waals surface area contributed by atoms with E-state index >= 15 is 0 Å². The number of amides is 1. The van der Waals surface area contributed by atoms with Crippen LogP contribution in [0.25, 0.3) is 0 Å². The highest BCUT2D eigenvalue weighted by Gasteiger charge is 2.20. The van der Waals surface area contributed by atoms with Crippen LogP contribution in [0.1, 0.15) is 21.5 Å². The number of hydrogen-bond acceptors (Lipinski definition) is 4. The first-order chi connectivity index (χ1) is 11.9. The van der Waals surface area contributed by atoms with E-state index in [0.29, 0.717) is 24.3 Å². The highest BCUT2D eigenvalue weighted by atomic mass is 16.6. The van der Waals surface area contributed by atoms with Crippen molar-refractivity contribution in [3.05, 3.63) is 81.9 Å². The fourth-order valence-corrected chi connectivity index (χ4v) is 2.45. The van der Waals surface area contributed by atoms with Crippen molar-refractivity contribution in [1.82, 2.24) is 4.90 Å². The van der Waals surface area contributed by atoms with E-state index in [2.05, 4.69) is 6.58 Å². The first-order valence-electron chi connectivity index (χ1n) is 7.76. The highest BCUT2D eigenvalue weighted by molar-refractivity contribution is 5.96. The van der Waals surface area contributed by atoms with E-state index in [1.807, 2.05) is 24.3 Å². The minimum absolute atomic E-state index is 0.0528. The lowest BCUT2D eigenvalue weighted by molar-refractivity contribution is -0.385. The minimum atomic E-state index is -0.478. The molecule has 2 aromatic carbocycles. The predicted octanol–water partition coefficient (Wildman–Crippen LogP) is 3.74. The zero-order valence-electron chi connectivity index (χ0n) is 14.3. The molecule has 6 nitrogen and oxygen atoms in total. The average molecular weight is 340 g/mol. The molecule has 0 heterocycles. The summed E-state index contributed by atoms with van der Waals surface area (Å²) in [7, 11) is 1.67. The molecular weight excluding hydrogens is 320 g/mol. The Morgan fingerprint density at radius 3 is 2.56 bits per heavy atom. The molecule has 0 aliphatic rings. The third kappa shape index (κ3) is 4.44. The molecule has 0 spiro atoms. The van der Waals surface area contributed by atoms with Crippen LogP contribution in [-0.2, 0) is 6.54 Å². The number of ether oxygens (including phenoxy) is 1. The second kappa shape index (κ2) is 8.10. The molecule has 0 bridgehead atoms. The molecule has 25 heavy (non-hydrogen) atoms. The van der Waals surface area contributed by atoms with Crippen LogP contribution in [0.5, 0.6) is 5.75 Å². The summed E-state index contributed by atoms with van der Waals surface area (Å²) in [4.78, 5) is 24.7. The molecule has 0 atom stereocenters. The number of rotatable bonds is 7. The molecule has 0 aliphatic heterocycles. The van der Waals surface area contributed by atoms with E-state index in [-0.39, 0.29) is 11.6 Å². The van der Waals surface area contributed by atoms with Gasteiger partial charge in [-0.3, -0.25) is 14.9 Å². The average Bonchev–Trinajstić information content (AvgIpc) is 2.60. The van der Waals surface area contributed by atoms with E-state index in [1.165, 1.54) is 17.0 Å². The zero-order chi connectivity index (χ0) is 18.4. The predicted molar refractivity (Wildman–Crippen MR) is 95.8 cm³/mol. The summed E-state index contributed by atoms with van der Waals surface area (Å²) in [6.07, 6.45) is 1.67. The van der Waals surface area contributed by atoms with Crippen molar-refractivity contribution < 1.29 is 14.5 Å². The Balaban J connectivity index is 2.11. The maximum absolute atomic E-state index is 12.6. The molecule has 6 heteroatoms. The van der Waals surface area contributed by atoms with Gasteiger partial charge in [0.25, 0.3) is 11.6 Å². The summed E-state index contributed by atoms with van der Waals surface area (Å²) in [6, 6.07) is 11.9. The number of carbonyl (C=O) groups is 1. The molecule has 0 saturated carbocycles. The summed E-state index contributed by atoms with van der Waals surface area (Å²) < 4.78 is 5.42. The second-order valence-electron chi connectivity index (χ2n) is 5.61. The zero-order valence-corrected chi connectivity index (χ0v) is 14.3. The van der Waals surface area contributed by atoms with Gasteiger partial charge in [-0.05, 0) is 30.7 Å². The highest BCUT2D eigenvalue weighted by Crippen LogP contribution is 2.22. The van der Waals surface area contributed by atoms with E-state index in [1.54, 1.807) is 26.1 Å². The van der Waals surface area contributed by atoms with Crippen LogP contribution in [-0.4, -0.2) is 29.4 Å². The summed E-state index contributed by atoms with van der Waals surface area (Å²) in [5.41, 5.74) is 1.59. The lowest BCUT2D eigenvalue weighted by Crippen LogP contribution is -2.27. The van der Waals surface area contributed by atoms with Gasteiger partial charge in [-0.2, -0.15) is 0 Å². The van der Waals surface area contributed by atoms with E-state index < -0.39 is 4.92 Å². The van der Waals surface area contributed by atoms with Gasteiger partial charge in [0.2, 0.25) is 0 Å². The summed E-state index contributed by atoms with van der Waals surface area (Å²) in [6.45, 7) is 6.01. The molecule has 0 aromatic heterocycles. The molecule has 1 amide bonds. The van der Waals surface area contributed by atoms with Gasteiger partial charge in [0.15, 0.2) is 0 Å². The molecule has 0 fully saturated rings. The fourth-order valence-electron chi connectivity index (χ4n) is 2.45. The van der Waals surface area contributed by atoms with Crippen molar-refractivity contribution in [1.29, 1.82) is 0 Å². The Labute approximate surface area is 146 Å². The van der Waals surface area contributed by atoms with Crippen molar-refractivity contribution in [2.45, 2.75) is 13.5 Å². The van der Waals surface area contributed by atoms with Crippen molar-refractivity contribution in [3.8, 4) is 5.75 Å². The normalized spacial score (nSPS) is 10.2. The molecular formula is C19H20N2O4. The molecule has 130 valence electrons. The lowest BCUT2D eigenvalue weighted by Gasteiger charge is -2.18. The standard InChI is InChI=1S/C19H20N2O4/c1-4-12-25-16-10-8-15(9-11-16)13-20(3)19(22)17-6-5-7-18(14(17)2)21(23)24/h4-11H,1,12-13H2,2-3H3. The fraction of sp³-hybridized carbons (Fsp3) is 0.211. The van der Waals surface area contributed by atoms with Crippen molar-refractivity contribution in [2.24, 2.45) is 0 Å². The topological polar surface area (TPSA) is 72.7 Å². The number of nitro groups is 1. The van der Waals surface area contributed by atoms with Crippen LogP contribution in [0.4, 0.5) is 5.69 Å². The van der Waals surface area contributed by atoms with Gasteiger partial charge < -0.3 is 9.64 Å². The van der Waals surface area contributed by atoms with Gasteiger partial charge in [0, 0.05) is 30.8 Å². The molecule has 0 radical (unpaired) electrons. The first kappa shape index (κ1) is 18.2. The number of carbonyl (C=O) groups excluding carboxylic acids is 1. The van der Waals surface area contributed by atoms with E-state index in [4.69, 9.17) is 4.74 Å². The Bertz CT molecular complexity index is 785. The molecule has 2 rings (SSSR count). The summed E-state index contributed by atoms with van der Waals surface area (Å²) in [5, 5.41) is 11.0. The Morgan fingerprint density at radius 2 is 1.96 bits per heavy atom. The first-order valence-corrected chi connectivity index (χ1v) is 7.76. The van der Waals surface area contributed by atoms with Crippen LogP contribution < -0.4 is 4.74 Å². The maximum Gasteiger partial charge on any atom is 0.273 e. The third-order valence-electron chi connectivity index (χ3n) is 3.79. The van der Waals surface area contributed by atoms with Crippen molar-refractivity contribution in [3.63, 3.8) is 0 Å². The number of hydrogen-bond donors (Lipinski definition) is 0. The van der Waals surface area contributed by atoms with Gasteiger partial charge in [0.05, 0.1) is 4.92 Å². The number of nitrogens with zero attached hydrogens (tertiary/aromatic N) is 2. The van der Waals surface area contributed by atoms with E-state index in [0.717, 1.165) is 11.3 Å². The minimum Gasteiger partial charge on any atom is -0.490 e. The molecule has 0 aliphatic carbocycles. The number of benzene rings is 2. The Morgan fingerprint density at radius 1 is 1.28 bits per heavy atom. The lowest BCUT2D eigenvalue weighted by atomic mass is 10.1. The van der Waals surface area contributed by atoms with Crippen LogP contribution in [0, 0.1) is 17.0 Å². The smallest absolute Gasteiger partial charge is 0.273 e. The molecule has 2 aromatic rings. The van der Waals surface area contributed by atoms with Crippen molar-refractivity contribution in [2.75, 3.05) is 13.7 Å². The molecule has 0 unspecified atom stereocenters. The molecule has 0 N–H and O–H groups in total. The largest absolute Gasteiger partial charge is 0.490 e. The van der Waals surface area contributed by atoms with E-state index in [9.17, 15) is 14.9 Å². The quantitative estimate of drug-likeness (QED) is 0.437. The number of nitro benzene ring substituents is 1. The second-order valence-corrected chi connectivity index (χ2v) is 5.61. The van der Waals surface area contributed by atoms with Crippen LogP contribution >= 0.6 is 0 Å². The summed E-state index contributed by atoms with van der Waals surface area (Å²) >= 11 is 0. The van der Waals surface area contributed by atoms with Crippen LogP contribution in [0.3, 0.4) is 0 Å². The Kier molecular flexibility index (Phi) is 5.89.